The lowest BCUT2D eigenvalue weighted by Crippen LogP contribution is -2.50. The van der Waals surface area contributed by atoms with Crippen LogP contribution in [0.15, 0.2) is 0 Å². The normalized spacial score (nSPS) is 41.6. The van der Waals surface area contributed by atoms with Crippen molar-refractivity contribution >= 4 is 0 Å². The zero-order valence-electron chi connectivity index (χ0n) is 10.1. The van der Waals surface area contributed by atoms with Gasteiger partial charge in [0.25, 0.3) is 0 Å². The highest BCUT2D eigenvalue weighted by Crippen LogP contribution is 2.23. The molecule has 16 heavy (non-hydrogen) atoms. The number of nitrogens with one attached hydrogen (secondary N) is 1. The van der Waals surface area contributed by atoms with Gasteiger partial charge in [-0.2, -0.15) is 0 Å². The topological polar surface area (TPSA) is 52.5 Å². The van der Waals surface area contributed by atoms with Crippen molar-refractivity contribution in [1.29, 1.82) is 0 Å². The third-order valence-corrected chi connectivity index (χ3v) is 4.14. The quantitative estimate of drug-likeness (QED) is 0.628. The fourth-order valence-electron chi connectivity index (χ4n) is 3.06. The van der Waals surface area contributed by atoms with E-state index in [9.17, 15) is 10.2 Å². The number of hydrogen-bond donors (Lipinski definition) is 3. The highest BCUT2D eigenvalue weighted by Gasteiger charge is 2.28. The maximum absolute atomic E-state index is 10.0. The van der Waals surface area contributed by atoms with Gasteiger partial charge in [0.15, 0.2) is 0 Å². The van der Waals surface area contributed by atoms with Crippen molar-refractivity contribution in [1.82, 2.24) is 5.32 Å². The van der Waals surface area contributed by atoms with Crippen molar-refractivity contribution in [3.63, 3.8) is 0 Å². The molecular weight excluding hydrogens is 202 g/mol. The first-order valence-corrected chi connectivity index (χ1v) is 6.89. The van der Waals surface area contributed by atoms with Gasteiger partial charge in [0.2, 0.25) is 0 Å². The summed E-state index contributed by atoms with van der Waals surface area (Å²) < 4.78 is 0. The molecule has 0 aromatic rings. The van der Waals surface area contributed by atoms with Crippen LogP contribution in [0.5, 0.6) is 0 Å². The van der Waals surface area contributed by atoms with Gasteiger partial charge >= 0.3 is 0 Å². The number of hydrogen-bond acceptors (Lipinski definition) is 3. The Morgan fingerprint density at radius 3 is 1.69 bits per heavy atom. The van der Waals surface area contributed by atoms with Crippen LogP contribution in [0.25, 0.3) is 0 Å². The molecule has 0 amide bonds. The lowest BCUT2D eigenvalue weighted by atomic mass is 9.91. The Labute approximate surface area is 98.2 Å². The fraction of sp³-hybridized carbons (Fsp3) is 1.00. The molecule has 3 N–H and O–H groups in total. The summed E-state index contributed by atoms with van der Waals surface area (Å²) in [7, 11) is 0. The van der Waals surface area contributed by atoms with Crippen LogP contribution in [0.2, 0.25) is 0 Å². The van der Waals surface area contributed by atoms with Crippen molar-refractivity contribution < 1.29 is 10.2 Å². The Bertz CT molecular complexity index is 210. The van der Waals surface area contributed by atoms with Gasteiger partial charge in [-0.05, 0) is 25.7 Å². The average molecular weight is 227 g/mol. The highest BCUT2D eigenvalue weighted by atomic mass is 16.3. The van der Waals surface area contributed by atoms with E-state index in [1.54, 1.807) is 0 Å². The molecule has 0 radical (unpaired) electrons. The maximum Gasteiger partial charge on any atom is 0.0693 e. The van der Waals surface area contributed by atoms with Gasteiger partial charge < -0.3 is 15.5 Å². The van der Waals surface area contributed by atoms with Gasteiger partial charge in [0.05, 0.1) is 12.2 Å². The van der Waals surface area contributed by atoms with E-state index in [-0.39, 0.29) is 24.3 Å². The minimum atomic E-state index is -0.211. The summed E-state index contributed by atoms with van der Waals surface area (Å²) in [4.78, 5) is 0. The molecule has 94 valence electrons. The SMILES string of the molecule is OC1CCCCCC1N[C@@H]1CCCC[C@H]1O. The van der Waals surface area contributed by atoms with Crippen LogP contribution >= 0.6 is 0 Å². The second-order valence-corrected chi connectivity index (χ2v) is 5.44. The Morgan fingerprint density at radius 1 is 0.625 bits per heavy atom. The van der Waals surface area contributed by atoms with Gasteiger partial charge in [-0.1, -0.05) is 32.1 Å². The third kappa shape index (κ3) is 3.19. The molecule has 0 bridgehead atoms. The Hall–Kier alpha value is -0.120. The Morgan fingerprint density at radius 2 is 1.06 bits per heavy atom. The van der Waals surface area contributed by atoms with Gasteiger partial charge in [-0.25, -0.2) is 0 Å². The van der Waals surface area contributed by atoms with E-state index in [0.717, 1.165) is 38.5 Å². The third-order valence-electron chi connectivity index (χ3n) is 4.14. The molecule has 0 aromatic heterocycles. The Kier molecular flexibility index (Phi) is 4.62. The number of aliphatic hydroxyl groups is 2. The summed E-state index contributed by atoms with van der Waals surface area (Å²) in [6.07, 6.45) is 9.48. The first-order valence-electron chi connectivity index (χ1n) is 6.89. The molecule has 2 saturated carbocycles. The molecule has 0 aliphatic heterocycles. The summed E-state index contributed by atoms with van der Waals surface area (Å²) in [6, 6.07) is 0.423. The Balaban J connectivity index is 1.86. The van der Waals surface area contributed by atoms with Crippen molar-refractivity contribution in [2.45, 2.75) is 82.1 Å². The molecular formula is C13H25NO2. The van der Waals surface area contributed by atoms with E-state index < -0.39 is 0 Å². The van der Waals surface area contributed by atoms with E-state index in [0.29, 0.717) is 0 Å². The molecule has 0 spiro atoms. The van der Waals surface area contributed by atoms with Gasteiger partial charge in [0, 0.05) is 12.1 Å². The predicted molar refractivity (Wildman–Crippen MR) is 64.3 cm³/mol. The smallest absolute Gasteiger partial charge is 0.0693 e. The summed E-state index contributed by atoms with van der Waals surface area (Å²) in [5, 5.41) is 23.4. The molecule has 0 aromatic carbocycles. The minimum absolute atomic E-state index is 0.204. The van der Waals surface area contributed by atoms with Crippen LogP contribution in [0.4, 0.5) is 0 Å². The van der Waals surface area contributed by atoms with Crippen molar-refractivity contribution in [2.24, 2.45) is 0 Å². The summed E-state index contributed by atoms with van der Waals surface area (Å²) in [5.74, 6) is 0. The molecule has 3 heteroatoms. The molecule has 2 fully saturated rings. The number of rotatable bonds is 2. The maximum atomic E-state index is 10.0. The van der Waals surface area contributed by atoms with E-state index >= 15 is 0 Å². The zero-order valence-corrected chi connectivity index (χ0v) is 10.1. The summed E-state index contributed by atoms with van der Waals surface area (Å²) in [6.45, 7) is 0. The van der Waals surface area contributed by atoms with Crippen molar-refractivity contribution in [2.75, 3.05) is 0 Å². The zero-order chi connectivity index (χ0) is 11.4. The van der Waals surface area contributed by atoms with Gasteiger partial charge in [0.1, 0.15) is 0 Å². The van der Waals surface area contributed by atoms with E-state index in [1.165, 1.54) is 19.3 Å². The first-order chi connectivity index (χ1) is 7.77. The molecule has 2 rings (SSSR count). The lowest BCUT2D eigenvalue weighted by Gasteiger charge is -2.33. The molecule has 2 aliphatic rings. The van der Waals surface area contributed by atoms with Crippen molar-refractivity contribution in [3.05, 3.63) is 0 Å². The monoisotopic (exact) mass is 227 g/mol. The summed E-state index contributed by atoms with van der Waals surface area (Å²) in [5.41, 5.74) is 0. The molecule has 2 unspecified atom stereocenters. The minimum Gasteiger partial charge on any atom is -0.392 e. The fourth-order valence-corrected chi connectivity index (χ4v) is 3.06. The second kappa shape index (κ2) is 5.99. The van der Waals surface area contributed by atoms with Crippen LogP contribution in [0.1, 0.15) is 57.8 Å². The van der Waals surface area contributed by atoms with Crippen LogP contribution in [0.3, 0.4) is 0 Å². The van der Waals surface area contributed by atoms with Gasteiger partial charge in [-0.15, -0.1) is 0 Å². The molecule has 2 aliphatic carbocycles. The lowest BCUT2D eigenvalue weighted by molar-refractivity contribution is 0.0576. The molecule has 4 atom stereocenters. The van der Waals surface area contributed by atoms with Crippen molar-refractivity contribution in [3.8, 4) is 0 Å². The average Bonchev–Trinajstić information content (AvgIpc) is 2.48. The van der Waals surface area contributed by atoms with Gasteiger partial charge in [-0.3, -0.25) is 0 Å². The summed E-state index contributed by atoms with van der Waals surface area (Å²) >= 11 is 0. The largest absolute Gasteiger partial charge is 0.392 e. The van der Waals surface area contributed by atoms with E-state index in [1.807, 2.05) is 0 Å². The molecule has 0 heterocycles. The van der Waals surface area contributed by atoms with Crippen LogP contribution < -0.4 is 5.32 Å². The van der Waals surface area contributed by atoms with E-state index in [2.05, 4.69) is 5.32 Å². The standard InChI is InChI=1S/C13H25NO2/c15-12-8-3-1-2-6-10(12)14-11-7-4-5-9-13(11)16/h10-16H,1-9H2/t10?,11-,12?,13-/m1/s1. The van der Waals surface area contributed by atoms with Crippen LogP contribution in [0, 0.1) is 0 Å². The van der Waals surface area contributed by atoms with Crippen LogP contribution in [-0.4, -0.2) is 34.5 Å². The van der Waals surface area contributed by atoms with E-state index in [4.69, 9.17) is 0 Å². The molecule has 0 saturated heterocycles. The molecule has 3 nitrogen and oxygen atoms in total. The predicted octanol–water partition coefficient (Wildman–Crippen LogP) is 1.57. The first kappa shape index (κ1) is 12.3. The number of aliphatic hydroxyl groups excluding tert-OH is 2. The second-order valence-electron chi connectivity index (χ2n) is 5.44. The highest BCUT2D eigenvalue weighted by molar-refractivity contribution is 4.87. The van der Waals surface area contributed by atoms with Crippen LogP contribution in [-0.2, 0) is 0 Å².